The van der Waals surface area contributed by atoms with Crippen molar-refractivity contribution in [3.05, 3.63) is 94.2 Å². The normalized spacial score (nSPS) is 15.5. The number of nitrogens with zero attached hydrogens (tertiary/aromatic N) is 2. The van der Waals surface area contributed by atoms with Gasteiger partial charge in [0.25, 0.3) is 0 Å². The van der Waals surface area contributed by atoms with Gasteiger partial charge in [-0.1, -0.05) is 6.07 Å². The summed E-state index contributed by atoms with van der Waals surface area (Å²) in [5.74, 6) is -2.71. The van der Waals surface area contributed by atoms with Gasteiger partial charge in [-0.2, -0.15) is 0 Å². The van der Waals surface area contributed by atoms with Crippen LogP contribution in [-0.2, 0) is 42.9 Å². The van der Waals surface area contributed by atoms with E-state index in [1.165, 1.54) is 7.11 Å². The Morgan fingerprint density at radius 2 is 1.45 bits per heavy atom. The highest BCUT2D eigenvalue weighted by atomic mass is 16.6. The summed E-state index contributed by atoms with van der Waals surface area (Å²) >= 11 is 0. The molecule has 0 saturated heterocycles. The van der Waals surface area contributed by atoms with E-state index in [1.807, 2.05) is 55.7 Å². The molecule has 12 heteroatoms. The van der Waals surface area contributed by atoms with Crippen LogP contribution in [0.5, 0.6) is 0 Å². The van der Waals surface area contributed by atoms with Gasteiger partial charge in [-0.25, -0.2) is 4.58 Å². The number of methoxy groups -OCH3 is 1. The maximum atomic E-state index is 13.3. The molecule has 0 spiro atoms. The zero-order chi connectivity index (χ0) is 37.2. The van der Waals surface area contributed by atoms with Crippen molar-refractivity contribution in [1.82, 2.24) is 0 Å². The van der Waals surface area contributed by atoms with Crippen LogP contribution in [0.1, 0.15) is 51.7 Å². The molecule has 0 unspecified atom stereocenters. The molecular formula is C39H45N2O10+. The van der Waals surface area contributed by atoms with Crippen LogP contribution < -0.4 is 4.90 Å². The van der Waals surface area contributed by atoms with Gasteiger partial charge in [-0.3, -0.25) is 24.0 Å². The van der Waals surface area contributed by atoms with Crippen LogP contribution in [0.25, 0.3) is 5.57 Å². The van der Waals surface area contributed by atoms with Crippen molar-refractivity contribution >= 4 is 46.3 Å². The van der Waals surface area contributed by atoms with Gasteiger partial charge in [0.15, 0.2) is 23.8 Å². The minimum atomic E-state index is -0.639. The van der Waals surface area contributed by atoms with E-state index in [9.17, 15) is 29.1 Å². The quantitative estimate of drug-likeness (QED) is 0.0858. The predicted octanol–water partition coefficient (Wildman–Crippen LogP) is 4.43. The first-order valence-electron chi connectivity index (χ1n) is 17.0. The predicted molar refractivity (Wildman–Crippen MR) is 190 cm³/mol. The van der Waals surface area contributed by atoms with Gasteiger partial charge < -0.3 is 29.0 Å². The van der Waals surface area contributed by atoms with Gasteiger partial charge in [-0.15, -0.1) is 0 Å². The minimum absolute atomic E-state index is 0.0124. The number of carbonyl (C=O) groups excluding carboxylic acids is 5. The number of Topliss-reactive ketones (excluding diaryl/α,β-unsaturated/α-hetero) is 1. The molecule has 1 N–H and O–H groups in total. The SMILES string of the molecule is CCN(CC)c1ccc(C2=C(O)C(=C3C=CC(=[N+](CCOC(=O)CCC(=O)OCCOC4=CC(=O)C(OC)=CC4=O)C(C)C)C=C3)C2=O)c(C)c1. The lowest BCUT2D eigenvalue weighted by Gasteiger charge is -2.26. The lowest BCUT2D eigenvalue weighted by molar-refractivity contribution is -0.558. The number of aliphatic hydroxyl groups is 1. The Morgan fingerprint density at radius 3 is 2.02 bits per heavy atom. The number of esters is 2. The Morgan fingerprint density at radius 1 is 0.843 bits per heavy atom. The fourth-order valence-electron chi connectivity index (χ4n) is 5.85. The molecule has 3 aliphatic rings. The van der Waals surface area contributed by atoms with Crippen molar-refractivity contribution in [1.29, 1.82) is 0 Å². The number of ketones is 3. The summed E-state index contributed by atoms with van der Waals surface area (Å²) in [4.78, 5) is 63.6. The standard InChI is InChI=1S/C39H44N2O10/c1-7-40(8-2)28-13-14-29(25(5)21-28)37-38(46)36(39(37)47)26-9-11-27(12-10-26)41(24(3)4)17-18-50-34(44)15-16-35(45)51-20-19-49-33-23-30(42)32(48-6)22-31(33)43/h9-14,21-24H,7-8,15-20H2,1-6H3/p+1. The van der Waals surface area contributed by atoms with Crippen molar-refractivity contribution in [3.8, 4) is 0 Å². The van der Waals surface area contributed by atoms with Gasteiger partial charge in [-0.05, 0) is 75.6 Å². The molecule has 0 aliphatic heterocycles. The first kappa shape index (κ1) is 38.3. The van der Waals surface area contributed by atoms with Crippen LogP contribution in [0.4, 0.5) is 5.69 Å². The van der Waals surface area contributed by atoms with Crippen molar-refractivity contribution < 1.29 is 52.6 Å². The average Bonchev–Trinajstić information content (AvgIpc) is 3.10. The zero-order valence-electron chi connectivity index (χ0n) is 29.9. The fraction of sp³-hybridized carbons (Fsp3) is 0.385. The molecule has 3 aliphatic carbocycles. The number of carbonyl (C=O) groups is 5. The molecule has 1 aromatic carbocycles. The topological polar surface area (TPSA) is 149 Å². The number of hydrogen-bond acceptors (Lipinski definition) is 11. The molecule has 0 fully saturated rings. The summed E-state index contributed by atoms with van der Waals surface area (Å²) < 4.78 is 22.5. The maximum absolute atomic E-state index is 13.3. The van der Waals surface area contributed by atoms with Gasteiger partial charge >= 0.3 is 11.9 Å². The third-order valence-corrected chi connectivity index (χ3v) is 8.61. The van der Waals surface area contributed by atoms with Gasteiger partial charge in [0.05, 0.1) is 31.1 Å². The fourth-order valence-corrected chi connectivity index (χ4v) is 5.85. The zero-order valence-corrected chi connectivity index (χ0v) is 29.9. The Bertz CT molecular complexity index is 1800. The molecule has 0 amide bonds. The van der Waals surface area contributed by atoms with Crippen LogP contribution in [-0.4, -0.2) is 97.3 Å². The number of ether oxygens (including phenoxy) is 4. The van der Waals surface area contributed by atoms with E-state index in [-0.39, 0.29) is 67.3 Å². The lowest BCUT2D eigenvalue weighted by Crippen LogP contribution is -2.30. The van der Waals surface area contributed by atoms with Crippen LogP contribution in [0.3, 0.4) is 0 Å². The summed E-state index contributed by atoms with van der Waals surface area (Å²) in [7, 11) is 1.28. The number of rotatable bonds is 16. The Balaban J connectivity index is 1.25. The summed E-state index contributed by atoms with van der Waals surface area (Å²) in [5, 5.41) is 11.0. The Labute approximate surface area is 297 Å². The number of benzene rings is 1. The molecule has 0 atom stereocenters. The Hall–Kier alpha value is -5.52. The monoisotopic (exact) mass is 701 g/mol. The van der Waals surface area contributed by atoms with E-state index in [0.29, 0.717) is 17.7 Å². The molecular weight excluding hydrogens is 656 g/mol. The van der Waals surface area contributed by atoms with Crippen LogP contribution in [0, 0.1) is 6.92 Å². The van der Waals surface area contributed by atoms with Crippen molar-refractivity contribution in [3.63, 3.8) is 0 Å². The summed E-state index contributed by atoms with van der Waals surface area (Å²) in [6.07, 6.45) is 8.97. The average molecular weight is 702 g/mol. The molecule has 0 radical (unpaired) electrons. The number of allylic oxidation sites excluding steroid dienone is 9. The van der Waals surface area contributed by atoms with Gasteiger partial charge in [0.2, 0.25) is 17.3 Å². The highest BCUT2D eigenvalue weighted by molar-refractivity contribution is 6.39. The maximum Gasteiger partial charge on any atom is 0.306 e. The molecule has 1 aromatic rings. The van der Waals surface area contributed by atoms with Crippen molar-refractivity contribution in [2.75, 3.05) is 51.5 Å². The second-order valence-electron chi connectivity index (χ2n) is 12.2. The second kappa shape index (κ2) is 17.4. The van der Waals surface area contributed by atoms with E-state index in [4.69, 9.17) is 18.9 Å². The first-order valence-corrected chi connectivity index (χ1v) is 17.0. The van der Waals surface area contributed by atoms with Crippen molar-refractivity contribution in [2.24, 2.45) is 0 Å². The number of aliphatic hydroxyl groups excluding tert-OH is 1. The van der Waals surface area contributed by atoms with Crippen LogP contribution in [0.15, 0.2) is 83.1 Å². The minimum Gasteiger partial charge on any atom is -0.506 e. The number of anilines is 1. The van der Waals surface area contributed by atoms with Gasteiger partial charge in [0.1, 0.15) is 31.6 Å². The molecule has 4 rings (SSSR count). The molecule has 0 saturated carbocycles. The molecule has 0 heterocycles. The van der Waals surface area contributed by atoms with E-state index in [0.717, 1.165) is 47.8 Å². The summed E-state index contributed by atoms with van der Waals surface area (Å²) in [6, 6.07) is 5.97. The largest absolute Gasteiger partial charge is 0.506 e. The van der Waals surface area contributed by atoms with Crippen LogP contribution in [0.2, 0.25) is 0 Å². The van der Waals surface area contributed by atoms with Crippen LogP contribution >= 0.6 is 0 Å². The number of aryl methyl sites for hydroxylation is 1. The van der Waals surface area contributed by atoms with E-state index in [2.05, 4.69) is 18.7 Å². The van der Waals surface area contributed by atoms with E-state index < -0.39 is 23.5 Å². The third kappa shape index (κ3) is 9.19. The summed E-state index contributed by atoms with van der Waals surface area (Å²) in [6.45, 7) is 12.0. The third-order valence-electron chi connectivity index (χ3n) is 8.61. The first-order chi connectivity index (χ1) is 24.4. The summed E-state index contributed by atoms with van der Waals surface area (Å²) in [5.41, 5.74) is 4.79. The van der Waals surface area contributed by atoms with E-state index in [1.54, 1.807) is 12.2 Å². The molecule has 0 aromatic heterocycles. The molecule has 0 bridgehead atoms. The van der Waals surface area contributed by atoms with Gasteiger partial charge in [0, 0.05) is 43.1 Å². The highest BCUT2D eigenvalue weighted by Crippen LogP contribution is 2.40. The number of hydrogen-bond donors (Lipinski definition) is 1. The van der Waals surface area contributed by atoms with Crippen molar-refractivity contribution in [2.45, 2.75) is 53.5 Å². The smallest absolute Gasteiger partial charge is 0.306 e. The second-order valence-corrected chi connectivity index (χ2v) is 12.2. The molecule has 12 nitrogen and oxygen atoms in total. The highest BCUT2D eigenvalue weighted by Gasteiger charge is 2.37. The lowest BCUT2D eigenvalue weighted by atomic mass is 9.79. The molecule has 51 heavy (non-hydrogen) atoms. The Kier molecular flexibility index (Phi) is 13.1. The van der Waals surface area contributed by atoms with E-state index >= 15 is 0 Å². The molecule has 270 valence electrons.